The van der Waals surface area contributed by atoms with Crippen LogP contribution in [0.3, 0.4) is 0 Å². The van der Waals surface area contributed by atoms with Gasteiger partial charge in [0.25, 0.3) is 0 Å². The molecular formula is C26H26N6. The van der Waals surface area contributed by atoms with Gasteiger partial charge in [-0.25, -0.2) is 4.98 Å². The van der Waals surface area contributed by atoms with E-state index in [1.807, 2.05) is 18.2 Å². The molecule has 1 atom stereocenters. The quantitative estimate of drug-likeness (QED) is 0.693. The minimum atomic E-state index is 0.146. The van der Waals surface area contributed by atoms with Gasteiger partial charge in [0.15, 0.2) is 0 Å². The first-order valence-electron chi connectivity index (χ1n) is 10.8. The van der Waals surface area contributed by atoms with Crippen molar-refractivity contribution in [2.45, 2.75) is 25.8 Å². The Bertz CT molecular complexity index is 1130. The number of nitriles is 1. The number of anilines is 1. The number of fused-ring (bicyclic) bond motifs is 1. The van der Waals surface area contributed by atoms with Crippen molar-refractivity contribution in [2.75, 3.05) is 18.0 Å². The first kappa shape index (κ1) is 21.3. The predicted molar refractivity (Wildman–Crippen MR) is 129 cm³/mol. The lowest BCUT2D eigenvalue weighted by Gasteiger charge is -2.30. The molecule has 32 heavy (non-hydrogen) atoms. The smallest absolute Gasteiger partial charge is 0.128 e. The summed E-state index contributed by atoms with van der Waals surface area (Å²) in [5, 5.41) is 13.8. The van der Waals surface area contributed by atoms with Crippen molar-refractivity contribution in [2.24, 2.45) is 10.1 Å². The van der Waals surface area contributed by atoms with Gasteiger partial charge >= 0.3 is 0 Å². The lowest BCUT2D eigenvalue weighted by molar-refractivity contribution is 0.632. The van der Waals surface area contributed by atoms with Crippen molar-refractivity contribution in [1.82, 2.24) is 10.4 Å². The summed E-state index contributed by atoms with van der Waals surface area (Å²) in [6, 6.07) is 24.8. The fourth-order valence-corrected chi connectivity index (χ4v) is 3.88. The number of benzene rings is 2. The van der Waals surface area contributed by atoms with Crippen molar-refractivity contribution < 1.29 is 0 Å². The van der Waals surface area contributed by atoms with Crippen LogP contribution in [0.2, 0.25) is 0 Å². The zero-order valence-corrected chi connectivity index (χ0v) is 18.1. The van der Waals surface area contributed by atoms with Crippen molar-refractivity contribution in [1.29, 1.82) is 5.26 Å². The highest BCUT2D eigenvalue weighted by Gasteiger charge is 2.18. The third-order valence-corrected chi connectivity index (χ3v) is 5.59. The van der Waals surface area contributed by atoms with E-state index in [2.05, 4.69) is 86.9 Å². The van der Waals surface area contributed by atoms with Gasteiger partial charge in [0.05, 0.1) is 17.8 Å². The summed E-state index contributed by atoms with van der Waals surface area (Å²) in [6.07, 6.45) is 4.87. The predicted octanol–water partition coefficient (Wildman–Crippen LogP) is 3.97. The Hall–Kier alpha value is -3.98. The number of rotatable bonds is 3. The third-order valence-electron chi connectivity index (χ3n) is 5.59. The van der Waals surface area contributed by atoms with Crippen LogP contribution in [0.25, 0.3) is 0 Å². The second-order valence-electron chi connectivity index (χ2n) is 7.81. The molecule has 1 aromatic heterocycles. The van der Waals surface area contributed by atoms with Crippen molar-refractivity contribution >= 4 is 17.9 Å². The molecule has 3 aromatic rings. The average molecular weight is 423 g/mol. The van der Waals surface area contributed by atoms with E-state index < -0.39 is 0 Å². The zero-order chi connectivity index (χ0) is 22.2. The fourth-order valence-electron chi connectivity index (χ4n) is 3.88. The van der Waals surface area contributed by atoms with Crippen LogP contribution in [-0.2, 0) is 12.8 Å². The number of hydrazone groups is 1. The molecule has 0 radical (unpaired) electrons. The Morgan fingerprint density at radius 2 is 1.88 bits per heavy atom. The summed E-state index contributed by atoms with van der Waals surface area (Å²) in [5.74, 6) is 0.854. The van der Waals surface area contributed by atoms with Gasteiger partial charge in [-0.2, -0.15) is 10.4 Å². The summed E-state index contributed by atoms with van der Waals surface area (Å²) in [5.41, 5.74) is 8.16. The summed E-state index contributed by atoms with van der Waals surface area (Å²) >= 11 is 0. The molecule has 0 bridgehead atoms. The maximum atomic E-state index is 9.10. The molecule has 0 aliphatic carbocycles. The minimum Gasteiger partial charge on any atom is -0.352 e. The maximum absolute atomic E-state index is 9.10. The van der Waals surface area contributed by atoms with Crippen molar-refractivity contribution in [3.63, 3.8) is 0 Å². The number of aliphatic imine (C=N–C) groups is 1. The molecule has 1 aliphatic heterocycles. The molecule has 1 N–H and O–H groups in total. The third kappa shape index (κ3) is 5.19. The first-order valence-corrected chi connectivity index (χ1v) is 10.8. The summed E-state index contributed by atoms with van der Waals surface area (Å²) in [4.78, 5) is 11.3. The average Bonchev–Trinajstić information content (AvgIpc) is 2.84. The van der Waals surface area contributed by atoms with Crippen LogP contribution in [-0.4, -0.2) is 36.2 Å². The molecule has 0 saturated carbocycles. The largest absolute Gasteiger partial charge is 0.352 e. The second kappa shape index (κ2) is 10.4. The molecule has 0 spiro atoms. The molecule has 1 unspecified atom stereocenters. The number of hydrogen-bond donors (Lipinski definition) is 1. The highest BCUT2D eigenvalue weighted by atomic mass is 15.3. The van der Waals surface area contributed by atoms with E-state index in [1.165, 1.54) is 11.1 Å². The molecule has 6 heteroatoms. The van der Waals surface area contributed by atoms with Crippen LogP contribution >= 0.6 is 0 Å². The normalized spacial score (nSPS) is 18.2. The summed E-state index contributed by atoms with van der Waals surface area (Å²) in [7, 11) is 0. The van der Waals surface area contributed by atoms with E-state index in [0.29, 0.717) is 12.1 Å². The van der Waals surface area contributed by atoms with E-state index in [1.54, 1.807) is 12.5 Å². The molecule has 160 valence electrons. The second-order valence-corrected chi connectivity index (χ2v) is 7.81. The van der Waals surface area contributed by atoms with Gasteiger partial charge in [0.1, 0.15) is 18.2 Å². The van der Waals surface area contributed by atoms with Gasteiger partial charge in [0.2, 0.25) is 0 Å². The first-order chi connectivity index (χ1) is 15.7. The SMILES string of the molecule is CC1CN=CN/N=C(/Cc2ccccc2)c2ccccc2CCN1c1ccc(C#N)cn1. The van der Waals surface area contributed by atoms with Gasteiger partial charge < -0.3 is 4.90 Å². The van der Waals surface area contributed by atoms with Crippen LogP contribution in [0.5, 0.6) is 0 Å². The van der Waals surface area contributed by atoms with Crippen LogP contribution in [0.15, 0.2) is 83.0 Å². The topological polar surface area (TPSA) is 76.7 Å². The van der Waals surface area contributed by atoms with Gasteiger partial charge in [0, 0.05) is 30.8 Å². The highest BCUT2D eigenvalue weighted by Crippen LogP contribution is 2.19. The molecule has 6 nitrogen and oxygen atoms in total. The highest BCUT2D eigenvalue weighted by molar-refractivity contribution is 6.03. The van der Waals surface area contributed by atoms with E-state index in [-0.39, 0.29) is 6.04 Å². The van der Waals surface area contributed by atoms with Gasteiger partial charge in [-0.3, -0.25) is 10.4 Å². The Kier molecular flexibility index (Phi) is 6.88. The zero-order valence-electron chi connectivity index (χ0n) is 18.1. The van der Waals surface area contributed by atoms with Gasteiger partial charge in [-0.05, 0) is 36.6 Å². The van der Waals surface area contributed by atoms with Gasteiger partial charge in [-0.15, -0.1) is 0 Å². The number of hydrogen-bond acceptors (Lipinski definition) is 6. The maximum Gasteiger partial charge on any atom is 0.128 e. The minimum absolute atomic E-state index is 0.146. The fraction of sp³-hybridized carbons (Fsp3) is 0.231. The van der Waals surface area contributed by atoms with Crippen LogP contribution in [0, 0.1) is 11.3 Å². The van der Waals surface area contributed by atoms with Crippen LogP contribution in [0.1, 0.15) is 29.2 Å². The number of pyridine rings is 1. The Labute approximate surface area is 189 Å². The van der Waals surface area contributed by atoms with E-state index in [9.17, 15) is 0 Å². The van der Waals surface area contributed by atoms with Gasteiger partial charge in [-0.1, -0.05) is 54.6 Å². The van der Waals surface area contributed by atoms with Crippen LogP contribution in [0.4, 0.5) is 5.82 Å². The number of aromatic nitrogens is 1. The molecule has 0 saturated heterocycles. The Morgan fingerprint density at radius 1 is 1.06 bits per heavy atom. The number of nitrogens with one attached hydrogen (secondary N) is 1. The summed E-state index contributed by atoms with van der Waals surface area (Å²) in [6.45, 7) is 3.54. The lowest BCUT2D eigenvalue weighted by atomic mass is 9.96. The molecule has 2 heterocycles. The van der Waals surface area contributed by atoms with E-state index in [4.69, 9.17) is 5.26 Å². The molecule has 2 aromatic carbocycles. The van der Waals surface area contributed by atoms with E-state index >= 15 is 0 Å². The standard InChI is InChI=1S/C26H26N6/c1-20-17-28-19-30-31-25(15-21-7-3-2-4-8-21)24-10-6-5-9-23(24)13-14-32(20)26-12-11-22(16-27)18-29-26/h2-12,18-20H,13-15,17H2,1H3,(H,28,30)/b31-25-. The molecule has 0 amide bonds. The van der Waals surface area contributed by atoms with Crippen LogP contribution < -0.4 is 10.3 Å². The summed E-state index contributed by atoms with van der Waals surface area (Å²) < 4.78 is 0. The molecular weight excluding hydrogens is 396 g/mol. The Balaban J connectivity index is 1.66. The van der Waals surface area contributed by atoms with Crippen molar-refractivity contribution in [3.05, 3.63) is 95.2 Å². The van der Waals surface area contributed by atoms with E-state index in [0.717, 1.165) is 36.5 Å². The molecule has 4 rings (SSSR count). The lowest BCUT2D eigenvalue weighted by Crippen LogP contribution is -2.38. The monoisotopic (exact) mass is 422 g/mol. The molecule has 1 aliphatic rings. The van der Waals surface area contributed by atoms with Crippen molar-refractivity contribution in [3.8, 4) is 6.07 Å². The number of nitrogens with zero attached hydrogens (tertiary/aromatic N) is 5. The Morgan fingerprint density at radius 3 is 2.66 bits per heavy atom. The molecule has 0 fully saturated rings.